The molecule has 0 unspecified atom stereocenters. The highest BCUT2D eigenvalue weighted by Gasteiger charge is 2.21. The van der Waals surface area contributed by atoms with E-state index in [1.807, 2.05) is 60.7 Å². The van der Waals surface area contributed by atoms with Gasteiger partial charge in [-0.25, -0.2) is 9.59 Å². The summed E-state index contributed by atoms with van der Waals surface area (Å²) in [5.74, 6) is 0.0663. The zero-order valence-corrected chi connectivity index (χ0v) is 25.8. The molecule has 0 spiro atoms. The highest BCUT2D eigenvalue weighted by atomic mass is 16.6. The van der Waals surface area contributed by atoms with Gasteiger partial charge in [0.15, 0.2) is 13.2 Å². The van der Waals surface area contributed by atoms with E-state index in [2.05, 4.69) is 60.7 Å². The van der Waals surface area contributed by atoms with Crippen LogP contribution in [0, 0.1) is 0 Å². The van der Waals surface area contributed by atoms with Gasteiger partial charge in [0.25, 0.3) is 0 Å². The van der Waals surface area contributed by atoms with Gasteiger partial charge < -0.3 is 18.9 Å². The number of benzene rings is 6. The Bertz CT molecular complexity index is 1850. The number of hydrogen-bond donors (Lipinski definition) is 0. The minimum atomic E-state index is -0.461. The second-order valence-electron chi connectivity index (χ2n) is 10.7. The van der Waals surface area contributed by atoms with Gasteiger partial charge >= 0.3 is 11.9 Å². The van der Waals surface area contributed by atoms with Crippen molar-refractivity contribution in [3.8, 4) is 44.9 Å². The van der Waals surface area contributed by atoms with Crippen LogP contribution in [0.15, 0.2) is 121 Å². The van der Waals surface area contributed by atoms with Crippen LogP contribution in [0.3, 0.4) is 0 Å². The van der Waals surface area contributed by atoms with Crippen LogP contribution < -0.4 is 9.47 Å². The summed E-state index contributed by atoms with van der Waals surface area (Å²) < 4.78 is 22.7. The average molecular weight is 611 g/mol. The van der Waals surface area contributed by atoms with Crippen LogP contribution in [0.2, 0.25) is 0 Å². The first-order chi connectivity index (χ1) is 22.6. The van der Waals surface area contributed by atoms with Crippen LogP contribution in [0.1, 0.15) is 13.8 Å². The van der Waals surface area contributed by atoms with E-state index in [4.69, 9.17) is 18.9 Å². The molecule has 0 aromatic heterocycles. The number of hydrogen-bond acceptors (Lipinski definition) is 6. The SMILES string of the molecule is CCOC(=O)COc1ccc2cc(-c3ccccc3)ccc2c1-c1c(OCC(=O)OCC)ccc2cc(-c3ccccc3)ccc12. The molecular formula is C40H34O6. The number of rotatable bonds is 11. The molecule has 0 bridgehead atoms. The highest BCUT2D eigenvalue weighted by molar-refractivity contribution is 6.11. The van der Waals surface area contributed by atoms with Crippen molar-refractivity contribution >= 4 is 33.5 Å². The summed E-state index contributed by atoms with van der Waals surface area (Å²) in [6.45, 7) is 3.53. The zero-order chi connectivity index (χ0) is 31.9. The van der Waals surface area contributed by atoms with E-state index in [1.54, 1.807) is 13.8 Å². The van der Waals surface area contributed by atoms with E-state index in [1.165, 1.54) is 0 Å². The molecule has 0 aliphatic heterocycles. The summed E-state index contributed by atoms with van der Waals surface area (Å²) >= 11 is 0. The second-order valence-corrected chi connectivity index (χ2v) is 10.7. The van der Waals surface area contributed by atoms with E-state index in [-0.39, 0.29) is 26.4 Å². The van der Waals surface area contributed by atoms with Crippen LogP contribution in [0.5, 0.6) is 11.5 Å². The Kier molecular flexibility index (Phi) is 9.25. The van der Waals surface area contributed by atoms with Crippen LogP contribution in [0.4, 0.5) is 0 Å². The molecule has 0 saturated carbocycles. The molecule has 0 saturated heterocycles. The molecule has 6 nitrogen and oxygen atoms in total. The monoisotopic (exact) mass is 610 g/mol. The molecule has 0 aliphatic rings. The Hall–Kier alpha value is -5.62. The summed E-state index contributed by atoms with van der Waals surface area (Å²) in [7, 11) is 0. The normalized spacial score (nSPS) is 10.9. The van der Waals surface area contributed by atoms with Crippen molar-refractivity contribution in [3.05, 3.63) is 121 Å². The fourth-order valence-electron chi connectivity index (χ4n) is 5.67. The topological polar surface area (TPSA) is 71.1 Å². The lowest BCUT2D eigenvalue weighted by atomic mass is 9.90. The van der Waals surface area contributed by atoms with E-state index in [0.29, 0.717) is 11.5 Å². The Balaban J connectivity index is 1.57. The zero-order valence-electron chi connectivity index (χ0n) is 25.8. The fourth-order valence-corrected chi connectivity index (χ4v) is 5.67. The van der Waals surface area contributed by atoms with Gasteiger partial charge in [-0.05, 0) is 81.9 Å². The number of ether oxygens (including phenoxy) is 4. The molecule has 0 atom stereocenters. The van der Waals surface area contributed by atoms with Gasteiger partial charge in [0.1, 0.15) is 11.5 Å². The molecule has 46 heavy (non-hydrogen) atoms. The third-order valence-corrected chi connectivity index (χ3v) is 7.73. The van der Waals surface area contributed by atoms with Gasteiger partial charge in [0, 0.05) is 11.1 Å². The fraction of sp³-hybridized carbons (Fsp3) is 0.150. The molecule has 230 valence electrons. The quantitative estimate of drug-likeness (QED) is 0.137. The Morgan fingerprint density at radius 2 is 0.891 bits per heavy atom. The predicted octanol–water partition coefficient (Wildman–Crippen LogP) is 8.88. The number of carbonyl (C=O) groups is 2. The lowest BCUT2D eigenvalue weighted by molar-refractivity contribution is -0.146. The van der Waals surface area contributed by atoms with Crippen molar-refractivity contribution in [1.29, 1.82) is 0 Å². The number of esters is 2. The minimum Gasteiger partial charge on any atom is -0.481 e. The third kappa shape index (κ3) is 6.57. The van der Waals surface area contributed by atoms with E-state index in [9.17, 15) is 9.59 Å². The maximum atomic E-state index is 12.4. The lowest BCUT2D eigenvalue weighted by Crippen LogP contribution is -2.16. The minimum absolute atomic E-state index is 0.254. The summed E-state index contributed by atoms with van der Waals surface area (Å²) in [4.78, 5) is 24.8. The number of carbonyl (C=O) groups excluding carboxylic acids is 2. The van der Waals surface area contributed by atoms with Crippen molar-refractivity contribution in [1.82, 2.24) is 0 Å². The van der Waals surface area contributed by atoms with Crippen molar-refractivity contribution in [3.63, 3.8) is 0 Å². The van der Waals surface area contributed by atoms with Gasteiger partial charge in [0.05, 0.1) is 13.2 Å². The van der Waals surface area contributed by atoms with Crippen molar-refractivity contribution < 1.29 is 28.5 Å². The molecule has 6 rings (SSSR count). The molecule has 0 amide bonds. The Morgan fingerprint density at radius 1 is 0.478 bits per heavy atom. The van der Waals surface area contributed by atoms with Gasteiger partial charge in [-0.3, -0.25) is 0 Å². The van der Waals surface area contributed by atoms with Gasteiger partial charge in [-0.15, -0.1) is 0 Å². The second kappa shape index (κ2) is 14.0. The van der Waals surface area contributed by atoms with Crippen molar-refractivity contribution in [2.75, 3.05) is 26.4 Å². The van der Waals surface area contributed by atoms with Crippen LogP contribution in [0.25, 0.3) is 54.9 Å². The van der Waals surface area contributed by atoms with Crippen LogP contribution >= 0.6 is 0 Å². The molecule has 0 radical (unpaired) electrons. The van der Waals surface area contributed by atoms with Gasteiger partial charge in [0.2, 0.25) is 0 Å². The smallest absolute Gasteiger partial charge is 0.344 e. The molecule has 0 aliphatic carbocycles. The van der Waals surface area contributed by atoms with Crippen molar-refractivity contribution in [2.24, 2.45) is 0 Å². The third-order valence-electron chi connectivity index (χ3n) is 7.73. The average Bonchev–Trinajstić information content (AvgIpc) is 3.10. The van der Waals surface area contributed by atoms with E-state index in [0.717, 1.165) is 54.9 Å². The highest BCUT2D eigenvalue weighted by Crippen LogP contribution is 2.46. The molecule has 0 heterocycles. The molecular weight excluding hydrogens is 576 g/mol. The van der Waals surface area contributed by atoms with Gasteiger partial charge in [-0.1, -0.05) is 97.1 Å². The maximum Gasteiger partial charge on any atom is 0.344 e. The van der Waals surface area contributed by atoms with E-state index < -0.39 is 11.9 Å². The molecule has 0 N–H and O–H groups in total. The summed E-state index contributed by atoms with van der Waals surface area (Å²) in [6.07, 6.45) is 0. The molecule has 6 aromatic carbocycles. The Labute approximate surface area is 268 Å². The lowest BCUT2D eigenvalue weighted by Gasteiger charge is -2.20. The summed E-state index contributed by atoms with van der Waals surface area (Å²) in [5.41, 5.74) is 5.85. The van der Waals surface area contributed by atoms with E-state index >= 15 is 0 Å². The van der Waals surface area contributed by atoms with Crippen molar-refractivity contribution in [2.45, 2.75) is 13.8 Å². The van der Waals surface area contributed by atoms with Crippen LogP contribution in [-0.4, -0.2) is 38.4 Å². The predicted molar refractivity (Wildman–Crippen MR) is 182 cm³/mol. The largest absolute Gasteiger partial charge is 0.481 e. The molecule has 0 fully saturated rings. The molecule has 6 aromatic rings. The first kappa shape index (κ1) is 30.4. The summed E-state index contributed by atoms with van der Waals surface area (Å²) in [5, 5.41) is 3.77. The first-order valence-electron chi connectivity index (χ1n) is 15.4. The van der Waals surface area contributed by atoms with Gasteiger partial charge in [-0.2, -0.15) is 0 Å². The number of fused-ring (bicyclic) bond motifs is 2. The maximum absolute atomic E-state index is 12.4. The standard InChI is InChI=1S/C40H34O6/c1-3-43-37(41)25-45-35-21-17-31-23-29(27-11-7-5-8-12-27)15-19-33(31)39(35)40-34-20-16-30(28-13-9-6-10-14-28)24-32(34)18-22-36(40)46-26-38(42)44-4-2/h5-24H,3-4,25-26H2,1-2H3. The van der Waals surface area contributed by atoms with Crippen LogP contribution in [-0.2, 0) is 19.1 Å². The summed E-state index contributed by atoms with van der Waals surface area (Å²) in [6, 6.07) is 40.7. The first-order valence-corrected chi connectivity index (χ1v) is 15.4. The molecule has 6 heteroatoms. The Morgan fingerprint density at radius 3 is 1.28 bits per heavy atom.